The summed E-state index contributed by atoms with van der Waals surface area (Å²) in [5.74, 6) is -1.64. The standard InChI is InChI=1S/C18H16Br2O3/c1-2-23-18(22)17(13-8-4-6-10-15(13)20)16(21)11-12-7-3-5-9-14(12)19/h3-10,17H,2,11H2,1H3. The van der Waals surface area contributed by atoms with Crippen molar-refractivity contribution in [3.63, 3.8) is 0 Å². The van der Waals surface area contributed by atoms with Crippen LogP contribution in [-0.2, 0) is 20.7 Å². The van der Waals surface area contributed by atoms with Gasteiger partial charge in [-0.15, -0.1) is 0 Å². The lowest BCUT2D eigenvalue weighted by Crippen LogP contribution is -2.26. The molecule has 1 unspecified atom stereocenters. The molecule has 3 nitrogen and oxygen atoms in total. The lowest BCUT2D eigenvalue weighted by atomic mass is 9.91. The number of hydrogen-bond acceptors (Lipinski definition) is 3. The molecular weight excluding hydrogens is 424 g/mol. The maximum Gasteiger partial charge on any atom is 0.321 e. The van der Waals surface area contributed by atoms with Crippen LogP contribution in [0.4, 0.5) is 0 Å². The van der Waals surface area contributed by atoms with Crippen LogP contribution in [0.1, 0.15) is 24.0 Å². The fourth-order valence-electron chi connectivity index (χ4n) is 2.30. The Morgan fingerprint density at radius 2 is 1.61 bits per heavy atom. The number of carbonyl (C=O) groups excluding carboxylic acids is 2. The third-order valence-electron chi connectivity index (χ3n) is 3.38. The second kappa shape index (κ2) is 8.41. The van der Waals surface area contributed by atoms with Gasteiger partial charge in [0.1, 0.15) is 5.92 Å². The van der Waals surface area contributed by atoms with E-state index in [0.717, 1.165) is 14.5 Å². The van der Waals surface area contributed by atoms with Gasteiger partial charge in [0.15, 0.2) is 5.78 Å². The molecule has 0 aliphatic rings. The summed E-state index contributed by atoms with van der Waals surface area (Å²) in [6.45, 7) is 1.97. The first-order chi connectivity index (χ1) is 11.0. The van der Waals surface area contributed by atoms with Crippen LogP contribution in [0.3, 0.4) is 0 Å². The molecule has 120 valence electrons. The van der Waals surface area contributed by atoms with E-state index in [1.165, 1.54) is 0 Å². The minimum Gasteiger partial charge on any atom is -0.465 e. The first kappa shape index (κ1) is 17.9. The molecular formula is C18H16Br2O3. The van der Waals surface area contributed by atoms with Crippen LogP contribution < -0.4 is 0 Å². The van der Waals surface area contributed by atoms with Gasteiger partial charge >= 0.3 is 5.97 Å². The number of benzene rings is 2. The summed E-state index contributed by atoms with van der Waals surface area (Å²) >= 11 is 6.85. The zero-order valence-electron chi connectivity index (χ0n) is 12.6. The molecule has 0 heterocycles. The predicted molar refractivity (Wildman–Crippen MR) is 96.4 cm³/mol. The van der Waals surface area contributed by atoms with E-state index in [2.05, 4.69) is 31.9 Å². The van der Waals surface area contributed by atoms with Crippen LogP contribution in [0.15, 0.2) is 57.5 Å². The van der Waals surface area contributed by atoms with Crippen LogP contribution in [0, 0.1) is 0 Å². The van der Waals surface area contributed by atoms with Gasteiger partial charge in [-0.05, 0) is 30.2 Å². The fraction of sp³-hybridized carbons (Fsp3) is 0.222. The van der Waals surface area contributed by atoms with Crippen molar-refractivity contribution < 1.29 is 14.3 Å². The van der Waals surface area contributed by atoms with Crippen LogP contribution in [0.2, 0.25) is 0 Å². The highest BCUT2D eigenvalue weighted by molar-refractivity contribution is 9.10. The molecule has 2 aromatic rings. The highest BCUT2D eigenvalue weighted by Crippen LogP contribution is 2.29. The van der Waals surface area contributed by atoms with Crippen molar-refractivity contribution in [1.82, 2.24) is 0 Å². The van der Waals surface area contributed by atoms with Crippen LogP contribution in [0.5, 0.6) is 0 Å². The Kier molecular flexibility index (Phi) is 6.54. The lowest BCUT2D eigenvalue weighted by molar-refractivity contribution is -0.147. The molecule has 0 aliphatic heterocycles. The average Bonchev–Trinajstić information content (AvgIpc) is 2.52. The first-order valence-corrected chi connectivity index (χ1v) is 8.80. The molecule has 0 amide bonds. The topological polar surface area (TPSA) is 43.4 Å². The van der Waals surface area contributed by atoms with E-state index in [1.54, 1.807) is 19.1 Å². The molecule has 2 aromatic carbocycles. The van der Waals surface area contributed by atoms with Gasteiger partial charge in [-0.25, -0.2) is 0 Å². The zero-order chi connectivity index (χ0) is 16.8. The normalized spacial score (nSPS) is 11.8. The van der Waals surface area contributed by atoms with E-state index in [0.29, 0.717) is 5.56 Å². The molecule has 0 saturated heterocycles. The number of esters is 1. The number of ketones is 1. The van der Waals surface area contributed by atoms with Gasteiger partial charge in [0.05, 0.1) is 6.61 Å². The number of Topliss-reactive ketones (excluding diaryl/α,β-unsaturated/α-hetero) is 1. The maximum atomic E-state index is 12.8. The Morgan fingerprint density at radius 1 is 1.00 bits per heavy atom. The monoisotopic (exact) mass is 438 g/mol. The van der Waals surface area contributed by atoms with Crippen molar-refractivity contribution in [1.29, 1.82) is 0 Å². The van der Waals surface area contributed by atoms with Crippen LogP contribution in [-0.4, -0.2) is 18.4 Å². The average molecular weight is 440 g/mol. The summed E-state index contributed by atoms with van der Waals surface area (Å²) in [5, 5.41) is 0. The summed E-state index contributed by atoms with van der Waals surface area (Å²) in [6, 6.07) is 14.7. The van der Waals surface area contributed by atoms with Gasteiger partial charge in [0.25, 0.3) is 0 Å². The molecule has 0 radical (unpaired) electrons. The van der Waals surface area contributed by atoms with Gasteiger partial charge in [0, 0.05) is 15.4 Å². The smallest absolute Gasteiger partial charge is 0.321 e. The van der Waals surface area contributed by atoms with Crippen molar-refractivity contribution in [3.05, 3.63) is 68.6 Å². The van der Waals surface area contributed by atoms with Crippen molar-refractivity contribution in [2.24, 2.45) is 0 Å². The third-order valence-corrected chi connectivity index (χ3v) is 4.88. The number of rotatable bonds is 6. The van der Waals surface area contributed by atoms with E-state index in [9.17, 15) is 9.59 Å². The Labute approximate surface area is 152 Å². The van der Waals surface area contributed by atoms with E-state index in [4.69, 9.17) is 4.74 Å². The van der Waals surface area contributed by atoms with Gasteiger partial charge < -0.3 is 4.74 Å². The summed E-state index contributed by atoms with van der Waals surface area (Å²) in [7, 11) is 0. The fourth-order valence-corrected chi connectivity index (χ4v) is 3.24. The summed E-state index contributed by atoms with van der Waals surface area (Å²) in [5.41, 5.74) is 1.47. The predicted octanol–water partition coefficient (Wildman–Crippen LogP) is 4.67. The molecule has 0 saturated carbocycles. The highest BCUT2D eigenvalue weighted by Gasteiger charge is 2.31. The van der Waals surface area contributed by atoms with Crippen molar-refractivity contribution >= 4 is 43.6 Å². The van der Waals surface area contributed by atoms with E-state index < -0.39 is 11.9 Å². The van der Waals surface area contributed by atoms with Crippen molar-refractivity contribution in [3.8, 4) is 0 Å². The quantitative estimate of drug-likeness (QED) is 0.485. The Morgan fingerprint density at radius 3 is 2.22 bits per heavy atom. The molecule has 5 heteroatoms. The molecule has 0 N–H and O–H groups in total. The number of halogens is 2. The SMILES string of the molecule is CCOC(=O)C(C(=O)Cc1ccccc1Br)c1ccccc1Br. The molecule has 0 bridgehead atoms. The second-order valence-corrected chi connectivity index (χ2v) is 6.65. The van der Waals surface area contributed by atoms with E-state index >= 15 is 0 Å². The van der Waals surface area contributed by atoms with E-state index in [-0.39, 0.29) is 18.8 Å². The van der Waals surface area contributed by atoms with Crippen molar-refractivity contribution in [2.45, 2.75) is 19.3 Å². The maximum absolute atomic E-state index is 12.8. The molecule has 23 heavy (non-hydrogen) atoms. The lowest BCUT2D eigenvalue weighted by Gasteiger charge is -2.17. The third kappa shape index (κ3) is 4.52. The van der Waals surface area contributed by atoms with Gasteiger partial charge in [0.2, 0.25) is 0 Å². The highest BCUT2D eigenvalue weighted by atomic mass is 79.9. The Bertz CT molecular complexity index is 713. The van der Waals surface area contributed by atoms with E-state index in [1.807, 2.05) is 36.4 Å². The minimum atomic E-state index is -0.933. The second-order valence-electron chi connectivity index (χ2n) is 4.94. The molecule has 1 atom stereocenters. The summed E-state index contributed by atoms with van der Waals surface area (Å²) in [4.78, 5) is 25.1. The molecule has 0 fully saturated rings. The first-order valence-electron chi connectivity index (χ1n) is 7.21. The largest absolute Gasteiger partial charge is 0.465 e. The zero-order valence-corrected chi connectivity index (χ0v) is 15.8. The van der Waals surface area contributed by atoms with Crippen molar-refractivity contribution in [2.75, 3.05) is 6.61 Å². The minimum absolute atomic E-state index is 0.159. The molecule has 0 spiro atoms. The Hall–Kier alpha value is -1.46. The summed E-state index contributed by atoms with van der Waals surface area (Å²) < 4.78 is 6.68. The number of hydrogen-bond donors (Lipinski definition) is 0. The van der Waals surface area contributed by atoms with Gasteiger partial charge in [-0.3, -0.25) is 9.59 Å². The van der Waals surface area contributed by atoms with Gasteiger partial charge in [-0.1, -0.05) is 68.3 Å². The number of ether oxygens (including phenoxy) is 1. The molecule has 2 rings (SSSR count). The molecule has 0 aliphatic carbocycles. The van der Waals surface area contributed by atoms with Crippen LogP contribution in [0.25, 0.3) is 0 Å². The van der Waals surface area contributed by atoms with Crippen LogP contribution >= 0.6 is 31.9 Å². The van der Waals surface area contributed by atoms with Gasteiger partial charge in [-0.2, -0.15) is 0 Å². The molecule has 0 aromatic heterocycles. The Balaban J connectivity index is 2.34. The number of carbonyl (C=O) groups is 2. The summed E-state index contributed by atoms with van der Waals surface area (Å²) in [6.07, 6.45) is 0.159.